The zero-order chi connectivity index (χ0) is 17.8. The van der Waals surface area contributed by atoms with E-state index in [1.165, 1.54) is 0 Å². The summed E-state index contributed by atoms with van der Waals surface area (Å²) in [6.45, 7) is 0.149. The van der Waals surface area contributed by atoms with Gasteiger partial charge in [0.2, 0.25) is 6.79 Å². The van der Waals surface area contributed by atoms with Crippen molar-refractivity contribution >= 4 is 28.9 Å². The number of ether oxygens (including phenoxy) is 4. The minimum atomic E-state index is -0.363. The van der Waals surface area contributed by atoms with Gasteiger partial charge in [0.05, 0.1) is 19.9 Å². The summed E-state index contributed by atoms with van der Waals surface area (Å²) in [4.78, 5) is 12.3. The van der Waals surface area contributed by atoms with E-state index in [0.717, 1.165) is 0 Å². The number of amides is 1. The number of hydrogen-bond donors (Lipinski definition) is 2. The Hall–Kier alpha value is -3.00. The summed E-state index contributed by atoms with van der Waals surface area (Å²) in [5.41, 5.74) is 0.990. The van der Waals surface area contributed by atoms with Crippen LogP contribution in [0.1, 0.15) is 10.4 Å². The van der Waals surface area contributed by atoms with Crippen LogP contribution in [0.5, 0.6) is 23.0 Å². The topological polar surface area (TPSA) is 78.1 Å². The molecule has 0 radical (unpaired) electrons. The van der Waals surface area contributed by atoms with Crippen molar-refractivity contribution in [2.24, 2.45) is 0 Å². The highest BCUT2D eigenvalue weighted by Gasteiger charge is 2.17. The number of benzene rings is 2. The Morgan fingerprint density at radius 1 is 1.08 bits per heavy atom. The number of thiocarbonyl (C=S) groups is 1. The van der Waals surface area contributed by atoms with Crippen LogP contribution in [0.15, 0.2) is 36.4 Å². The third-order valence-corrected chi connectivity index (χ3v) is 3.72. The van der Waals surface area contributed by atoms with E-state index < -0.39 is 0 Å². The van der Waals surface area contributed by atoms with Crippen LogP contribution in [0.3, 0.4) is 0 Å². The molecule has 1 amide bonds. The van der Waals surface area contributed by atoms with Gasteiger partial charge in [-0.1, -0.05) is 0 Å². The second kappa shape index (κ2) is 7.27. The highest BCUT2D eigenvalue weighted by molar-refractivity contribution is 7.80. The highest BCUT2D eigenvalue weighted by atomic mass is 32.1. The van der Waals surface area contributed by atoms with Crippen LogP contribution in [0.4, 0.5) is 5.69 Å². The van der Waals surface area contributed by atoms with Crippen molar-refractivity contribution in [3.05, 3.63) is 42.0 Å². The summed E-state index contributed by atoms with van der Waals surface area (Å²) < 4.78 is 20.9. The summed E-state index contributed by atoms with van der Waals surface area (Å²) in [6.07, 6.45) is 0. The Morgan fingerprint density at radius 2 is 1.88 bits per heavy atom. The van der Waals surface area contributed by atoms with Gasteiger partial charge in [-0.15, -0.1) is 0 Å². The largest absolute Gasteiger partial charge is 0.497 e. The first-order valence-electron chi connectivity index (χ1n) is 7.34. The summed E-state index contributed by atoms with van der Waals surface area (Å²) in [5.74, 6) is 1.98. The summed E-state index contributed by atoms with van der Waals surface area (Å²) >= 11 is 5.20. The molecule has 2 N–H and O–H groups in total. The maximum absolute atomic E-state index is 12.3. The average Bonchev–Trinajstić information content (AvgIpc) is 3.09. The standard InChI is InChI=1S/C17H16N2O5S/c1-21-11-4-6-13(22-2)12(8-11)18-17(25)19-16(20)10-3-5-14-15(7-10)24-9-23-14/h3-8H,9H2,1-2H3,(H2,18,19,20,25). The lowest BCUT2D eigenvalue weighted by molar-refractivity contribution is 0.0977. The summed E-state index contributed by atoms with van der Waals surface area (Å²) in [7, 11) is 3.10. The lowest BCUT2D eigenvalue weighted by Crippen LogP contribution is -2.34. The fourth-order valence-electron chi connectivity index (χ4n) is 2.28. The van der Waals surface area contributed by atoms with Gasteiger partial charge in [-0.2, -0.15) is 0 Å². The molecule has 2 aromatic carbocycles. The van der Waals surface area contributed by atoms with Crippen molar-refractivity contribution in [1.29, 1.82) is 0 Å². The van der Waals surface area contributed by atoms with Crippen LogP contribution in [0.25, 0.3) is 0 Å². The third-order valence-electron chi connectivity index (χ3n) is 3.52. The molecule has 7 nitrogen and oxygen atoms in total. The van der Waals surface area contributed by atoms with Crippen molar-refractivity contribution in [3.63, 3.8) is 0 Å². The quantitative estimate of drug-likeness (QED) is 0.812. The van der Waals surface area contributed by atoms with Crippen LogP contribution in [0, 0.1) is 0 Å². The number of carbonyl (C=O) groups excluding carboxylic acids is 1. The van der Waals surface area contributed by atoms with E-state index in [9.17, 15) is 4.79 Å². The Labute approximate surface area is 149 Å². The third kappa shape index (κ3) is 3.74. The van der Waals surface area contributed by atoms with Gasteiger partial charge in [-0.05, 0) is 42.5 Å². The van der Waals surface area contributed by atoms with Gasteiger partial charge in [0.15, 0.2) is 16.6 Å². The van der Waals surface area contributed by atoms with E-state index in [4.69, 9.17) is 31.2 Å². The van der Waals surface area contributed by atoms with E-state index in [1.54, 1.807) is 50.6 Å². The molecule has 130 valence electrons. The van der Waals surface area contributed by atoms with Gasteiger partial charge in [0.25, 0.3) is 5.91 Å². The van der Waals surface area contributed by atoms with E-state index in [1.807, 2.05) is 0 Å². The molecule has 25 heavy (non-hydrogen) atoms. The van der Waals surface area contributed by atoms with Gasteiger partial charge in [-0.25, -0.2) is 0 Å². The van der Waals surface area contributed by atoms with Crippen LogP contribution >= 0.6 is 12.2 Å². The maximum atomic E-state index is 12.3. The molecule has 0 bridgehead atoms. The maximum Gasteiger partial charge on any atom is 0.257 e. The fourth-order valence-corrected chi connectivity index (χ4v) is 2.48. The predicted octanol–water partition coefficient (Wildman–Crippen LogP) is 2.56. The first-order valence-corrected chi connectivity index (χ1v) is 7.75. The molecule has 0 unspecified atom stereocenters. The second-order valence-electron chi connectivity index (χ2n) is 5.04. The lowest BCUT2D eigenvalue weighted by Gasteiger charge is -2.14. The van der Waals surface area contributed by atoms with Crippen LogP contribution in [-0.4, -0.2) is 32.0 Å². The molecule has 8 heteroatoms. The molecule has 3 rings (SSSR count). The normalized spacial score (nSPS) is 11.6. The summed E-state index contributed by atoms with van der Waals surface area (Å²) in [6, 6.07) is 10.1. The van der Waals surface area contributed by atoms with Crippen molar-refractivity contribution in [2.75, 3.05) is 26.3 Å². The molecular formula is C17H16N2O5S. The first kappa shape index (κ1) is 16.8. The number of nitrogens with one attached hydrogen (secondary N) is 2. The second-order valence-corrected chi connectivity index (χ2v) is 5.45. The van der Waals surface area contributed by atoms with Crippen molar-refractivity contribution in [2.45, 2.75) is 0 Å². The molecule has 2 aromatic rings. The lowest BCUT2D eigenvalue weighted by atomic mass is 10.2. The van der Waals surface area contributed by atoms with Gasteiger partial charge in [0, 0.05) is 11.6 Å². The van der Waals surface area contributed by atoms with E-state index in [0.29, 0.717) is 34.2 Å². The van der Waals surface area contributed by atoms with Gasteiger partial charge in [0.1, 0.15) is 11.5 Å². The molecule has 1 aliphatic heterocycles. The highest BCUT2D eigenvalue weighted by Crippen LogP contribution is 2.32. The zero-order valence-corrected chi connectivity index (χ0v) is 14.4. The van der Waals surface area contributed by atoms with Crippen molar-refractivity contribution in [3.8, 4) is 23.0 Å². The Bertz CT molecular complexity index is 825. The van der Waals surface area contributed by atoms with Crippen LogP contribution in [-0.2, 0) is 0 Å². The molecular weight excluding hydrogens is 344 g/mol. The molecule has 0 saturated heterocycles. The monoisotopic (exact) mass is 360 g/mol. The number of hydrogen-bond acceptors (Lipinski definition) is 6. The Kier molecular flexibility index (Phi) is 4.90. The van der Waals surface area contributed by atoms with Crippen LogP contribution in [0.2, 0.25) is 0 Å². The zero-order valence-electron chi connectivity index (χ0n) is 13.6. The SMILES string of the molecule is COc1ccc(OC)c(NC(=S)NC(=O)c2ccc3c(c2)OCO3)c1. The average molecular weight is 360 g/mol. The molecule has 0 aromatic heterocycles. The number of rotatable bonds is 4. The molecule has 0 aliphatic carbocycles. The Morgan fingerprint density at radius 3 is 2.64 bits per heavy atom. The summed E-state index contributed by atoms with van der Waals surface area (Å²) in [5, 5.41) is 5.67. The smallest absolute Gasteiger partial charge is 0.257 e. The number of fused-ring (bicyclic) bond motifs is 1. The minimum Gasteiger partial charge on any atom is -0.497 e. The number of carbonyl (C=O) groups is 1. The predicted molar refractivity (Wildman–Crippen MR) is 95.8 cm³/mol. The van der Waals surface area contributed by atoms with E-state index in [-0.39, 0.29) is 17.8 Å². The van der Waals surface area contributed by atoms with E-state index in [2.05, 4.69) is 10.6 Å². The van der Waals surface area contributed by atoms with Gasteiger partial charge in [-0.3, -0.25) is 10.1 Å². The minimum absolute atomic E-state index is 0.134. The molecule has 1 aliphatic rings. The van der Waals surface area contributed by atoms with Crippen LogP contribution < -0.4 is 29.6 Å². The fraction of sp³-hybridized carbons (Fsp3) is 0.176. The van der Waals surface area contributed by atoms with Gasteiger partial charge < -0.3 is 24.3 Å². The first-order chi connectivity index (χ1) is 12.1. The molecule has 0 fully saturated rings. The molecule has 0 saturated carbocycles. The van der Waals surface area contributed by atoms with E-state index >= 15 is 0 Å². The molecule has 1 heterocycles. The molecule has 0 atom stereocenters. The Balaban J connectivity index is 1.69. The number of methoxy groups -OCH3 is 2. The van der Waals surface area contributed by atoms with Gasteiger partial charge >= 0.3 is 0 Å². The molecule has 0 spiro atoms. The van der Waals surface area contributed by atoms with Crippen molar-refractivity contribution < 1.29 is 23.7 Å². The van der Waals surface area contributed by atoms with Crippen molar-refractivity contribution in [1.82, 2.24) is 5.32 Å². The number of anilines is 1.